The lowest BCUT2D eigenvalue weighted by atomic mass is 9.84. The maximum Gasteiger partial charge on any atom is 0.314 e. The van der Waals surface area contributed by atoms with E-state index in [2.05, 4.69) is 24.5 Å². The van der Waals surface area contributed by atoms with Crippen molar-refractivity contribution in [2.45, 2.75) is 19.3 Å². The van der Waals surface area contributed by atoms with Gasteiger partial charge in [-0.15, -0.1) is 0 Å². The van der Waals surface area contributed by atoms with Gasteiger partial charge < -0.3 is 15.4 Å². The highest BCUT2D eigenvalue weighted by Crippen LogP contribution is 2.25. The second kappa shape index (κ2) is 5.57. The zero-order chi connectivity index (χ0) is 12.9. The number of hydrogen-bond donors (Lipinski definition) is 2. The fraction of sp³-hybridized carbons (Fsp3) is 0.462. The summed E-state index contributed by atoms with van der Waals surface area (Å²) in [6, 6.07) is 7.72. The van der Waals surface area contributed by atoms with Gasteiger partial charge in [-0.1, -0.05) is 26.0 Å². The van der Waals surface area contributed by atoms with Crippen molar-refractivity contribution in [2.24, 2.45) is 0 Å². The van der Waals surface area contributed by atoms with Crippen LogP contribution in [0, 0.1) is 0 Å². The Morgan fingerprint density at radius 1 is 1.41 bits per heavy atom. The van der Waals surface area contributed by atoms with E-state index in [-0.39, 0.29) is 11.4 Å². The van der Waals surface area contributed by atoms with E-state index in [0.29, 0.717) is 6.54 Å². The van der Waals surface area contributed by atoms with Crippen LogP contribution in [0.1, 0.15) is 19.4 Å². The number of benzene rings is 1. The molecule has 1 aromatic carbocycles. The molecule has 0 bridgehead atoms. The lowest BCUT2D eigenvalue weighted by Crippen LogP contribution is -2.40. The summed E-state index contributed by atoms with van der Waals surface area (Å²) < 4.78 is 5.20. The van der Waals surface area contributed by atoms with Crippen LogP contribution in [0.15, 0.2) is 24.3 Å². The molecule has 0 saturated heterocycles. The number of ether oxygens (including phenoxy) is 1. The molecule has 4 heteroatoms. The van der Waals surface area contributed by atoms with E-state index >= 15 is 0 Å². The Balaban J connectivity index is 2.77. The number of rotatable bonds is 4. The first kappa shape index (κ1) is 13.4. The van der Waals surface area contributed by atoms with Gasteiger partial charge in [-0.2, -0.15) is 0 Å². The van der Waals surface area contributed by atoms with Gasteiger partial charge in [-0.05, 0) is 17.7 Å². The summed E-state index contributed by atoms with van der Waals surface area (Å²) in [7, 11) is 3.25. The van der Waals surface area contributed by atoms with Crippen LogP contribution < -0.4 is 15.4 Å². The van der Waals surface area contributed by atoms with Crippen molar-refractivity contribution in [1.29, 1.82) is 0 Å². The summed E-state index contributed by atoms with van der Waals surface area (Å²) in [4.78, 5) is 11.2. The molecule has 1 aromatic rings. The molecule has 0 heterocycles. The molecule has 1 rings (SSSR count). The molecule has 0 unspecified atom stereocenters. The van der Waals surface area contributed by atoms with E-state index in [4.69, 9.17) is 4.74 Å². The molecule has 0 aliphatic carbocycles. The zero-order valence-electron chi connectivity index (χ0n) is 10.8. The number of carbonyl (C=O) groups is 1. The molecule has 0 aliphatic rings. The van der Waals surface area contributed by atoms with Gasteiger partial charge in [0.2, 0.25) is 0 Å². The number of amides is 2. The van der Waals surface area contributed by atoms with Crippen molar-refractivity contribution in [3.63, 3.8) is 0 Å². The predicted molar refractivity (Wildman–Crippen MR) is 68.5 cm³/mol. The molecule has 0 atom stereocenters. The third-order valence-electron chi connectivity index (χ3n) is 2.77. The smallest absolute Gasteiger partial charge is 0.314 e. The summed E-state index contributed by atoms with van der Waals surface area (Å²) in [6.45, 7) is 4.73. The summed E-state index contributed by atoms with van der Waals surface area (Å²) in [5.74, 6) is 0.829. The van der Waals surface area contributed by atoms with Gasteiger partial charge in [0.05, 0.1) is 7.11 Å². The Morgan fingerprint density at radius 3 is 2.71 bits per heavy atom. The zero-order valence-corrected chi connectivity index (χ0v) is 10.8. The number of carbonyl (C=O) groups excluding carboxylic acids is 1. The molecule has 2 N–H and O–H groups in total. The van der Waals surface area contributed by atoms with E-state index in [0.717, 1.165) is 11.3 Å². The molecule has 4 nitrogen and oxygen atoms in total. The number of hydrogen-bond acceptors (Lipinski definition) is 2. The minimum Gasteiger partial charge on any atom is -0.497 e. The monoisotopic (exact) mass is 236 g/mol. The highest BCUT2D eigenvalue weighted by molar-refractivity contribution is 5.73. The largest absolute Gasteiger partial charge is 0.497 e. The summed E-state index contributed by atoms with van der Waals surface area (Å²) in [6.07, 6.45) is 0. The highest BCUT2D eigenvalue weighted by atomic mass is 16.5. The number of nitrogens with one attached hydrogen (secondary N) is 2. The third-order valence-corrected chi connectivity index (χ3v) is 2.77. The van der Waals surface area contributed by atoms with Crippen LogP contribution in [0.4, 0.5) is 4.79 Å². The van der Waals surface area contributed by atoms with Crippen molar-refractivity contribution < 1.29 is 9.53 Å². The standard InChI is InChI=1S/C13H20N2O2/c1-13(2,9-15-12(16)14-3)10-6-5-7-11(8-10)17-4/h5-8H,9H2,1-4H3,(H2,14,15,16). The second-order valence-electron chi connectivity index (χ2n) is 4.55. The van der Waals surface area contributed by atoms with Gasteiger partial charge in [0.15, 0.2) is 0 Å². The lowest BCUT2D eigenvalue weighted by molar-refractivity contribution is 0.240. The average molecular weight is 236 g/mol. The summed E-state index contributed by atoms with van der Waals surface area (Å²) in [5.41, 5.74) is 0.995. The van der Waals surface area contributed by atoms with E-state index in [1.54, 1.807) is 14.2 Å². The van der Waals surface area contributed by atoms with Crippen molar-refractivity contribution in [3.8, 4) is 5.75 Å². The lowest BCUT2D eigenvalue weighted by Gasteiger charge is -2.26. The molecule has 0 aliphatic heterocycles. The first-order valence-electron chi connectivity index (χ1n) is 5.59. The van der Waals surface area contributed by atoms with Gasteiger partial charge in [-0.3, -0.25) is 0 Å². The second-order valence-corrected chi connectivity index (χ2v) is 4.55. The summed E-state index contributed by atoms with van der Waals surface area (Å²) >= 11 is 0. The Bertz CT molecular complexity index is 389. The minimum absolute atomic E-state index is 0.138. The first-order chi connectivity index (χ1) is 7.99. The minimum atomic E-state index is -0.166. The molecule has 0 spiro atoms. The molecular weight excluding hydrogens is 216 g/mol. The van der Waals surface area contributed by atoms with Crippen LogP contribution in [0.5, 0.6) is 5.75 Å². The fourth-order valence-electron chi connectivity index (χ4n) is 1.54. The van der Waals surface area contributed by atoms with Crippen LogP contribution in [-0.2, 0) is 5.41 Å². The normalized spacial score (nSPS) is 10.8. The van der Waals surface area contributed by atoms with Crippen LogP contribution in [0.2, 0.25) is 0 Å². The van der Waals surface area contributed by atoms with Crippen LogP contribution in [0.25, 0.3) is 0 Å². The molecule has 17 heavy (non-hydrogen) atoms. The molecular formula is C13H20N2O2. The Kier molecular flexibility index (Phi) is 4.37. The number of urea groups is 1. The molecule has 94 valence electrons. The van der Waals surface area contributed by atoms with E-state index in [1.807, 2.05) is 24.3 Å². The molecule has 0 aromatic heterocycles. The maximum absolute atomic E-state index is 11.2. The van der Waals surface area contributed by atoms with Gasteiger partial charge in [0, 0.05) is 19.0 Å². The molecule has 0 saturated carbocycles. The Hall–Kier alpha value is -1.71. The van der Waals surface area contributed by atoms with Gasteiger partial charge in [0.1, 0.15) is 5.75 Å². The van der Waals surface area contributed by atoms with E-state index < -0.39 is 0 Å². The van der Waals surface area contributed by atoms with Crippen LogP contribution in [0.3, 0.4) is 0 Å². The first-order valence-corrected chi connectivity index (χ1v) is 5.59. The van der Waals surface area contributed by atoms with Gasteiger partial charge >= 0.3 is 6.03 Å². The fourth-order valence-corrected chi connectivity index (χ4v) is 1.54. The topological polar surface area (TPSA) is 50.4 Å². The van der Waals surface area contributed by atoms with Crippen molar-refractivity contribution in [3.05, 3.63) is 29.8 Å². The van der Waals surface area contributed by atoms with Gasteiger partial charge in [0.25, 0.3) is 0 Å². The highest BCUT2D eigenvalue weighted by Gasteiger charge is 2.21. The number of methoxy groups -OCH3 is 1. The summed E-state index contributed by atoms with van der Waals surface area (Å²) in [5, 5.41) is 5.35. The van der Waals surface area contributed by atoms with Crippen molar-refractivity contribution in [2.75, 3.05) is 20.7 Å². The van der Waals surface area contributed by atoms with E-state index in [1.165, 1.54) is 0 Å². The van der Waals surface area contributed by atoms with Crippen molar-refractivity contribution >= 4 is 6.03 Å². The SMILES string of the molecule is CNC(=O)NCC(C)(C)c1cccc(OC)c1. The third kappa shape index (κ3) is 3.66. The van der Waals surface area contributed by atoms with Crippen LogP contribution >= 0.6 is 0 Å². The quantitative estimate of drug-likeness (QED) is 0.839. The Labute approximate surface area is 102 Å². The Morgan fingerprint density at radius 2 is 2.12 bits per heavy atom. The maximum atomic E-state index is 11.2. The average Bonchev–Trinajstić information content (AvgIpc) is 2.36. The molecule has 0 radical (unpaired) electrons. The van der Waals surface area contributed by atoms with Crippen LogP contribution in [-0.4, -0.2) is 26.7 Å². The molecule has 0 fully saturated rings. The van der Waals surface area contributed by atoms with Crippen molar-refractivity contribution in [1.82, 2.24) is 10.6 Å². The van der Waals surface area contributed by atoms with E-state index in [9.17, 15) is 4.79 Å². The molecule has 2 amide bonds. The van der Waals surface area contributed by atoms with Gasteiger partial charge in [-0.25, -0.2) is 4.79 Å². The predicted octanol–water partition coefficient (Wildman–Crippen LogP) is 1.90.